The topological polar surface area (TPSA) is 70.2 Å². The zero-order valence-electron chi connectivity index (χ0n) is 15.5. The van der Waals surface area contributed by atoms with Crippen LogP contribution in [0.3, 0.4) is 0 Å². The third kappa shape index (κ3) is 3.36. The van der Waals surface area contributed by atoms with Gasteiger partial charge in [0.15, 0.2) is 11.0 Å². The largest absolute Gasteiger partial charge is 0.370 e. The first-order chi connectivity index (χ1) is 12.5. The molecule has 0 aromatic carbocycles. The molecule has 3 aromatic rings. The molecule has 0 bridgehead atoms. The van der Waals surface area contributed by atoms with Crippen molar-refractivity contribution in [3.63, 3.8) is 0 Å². The van der Waals surface area contributed by atoms with Crippen molar-refractivity contribution in [1.29, 1.82) is 0 Å². The highest BCUT2D eigenvalue weighted by molar-refractivity contribution is 7.99. The summed E-state index contributed by atoms with van der Waals surface area (Å²) >= 11 is 3.33. The first kappa shape index (κ1) is 17.8. The zero-order valence-corrected chi connectivity index (χ0v) is 17.1. The molecular formula is C17H23N6OS2+. The lowest BCUT2D eigenvalue weighted by atomic mass is 10.2. The van der Waals surface area contributed by atoms with Crippen LogP contribution in [-0.4, -0.2) is 51.0 Å². The maximum Gasteiger partial charge on any atom is 0.197 e. The number of morpholine rings is 1. The van der Waals surface area contributed by atoms with Crippen LogP contribution in [-0.2, 0) is 18.3 Å². The maximum absolute atomic E-state index is 5.46. The highest BCUT2D eigenvalue weighted by Gasteiger charge is 2.21. The van der Waals surface area contributed by atoms with E-state index in [2.05, 4.69) is 24.0 Å². The second-order valence-electron chi connectivity index (χ2n) is 6.64. The molecule has 4 rings (SSSR count). The average molecular weight is 392 g/mol. The summed E-state index contributed by atoms with van der Waals surface area (Å²) in [5.74, 6) is 1.80. The van der Waals surface area contributed by atoms with Gasteiger partial charge in [-0.3, -0.25) is 0 Å². The number of aryl methyl sites for hydroxylation is 3. The number of ether oxygens (including phenoxy) is 1. The van der Waals surface area contributed by atoms with E-state index >= 15 is 0 Å². The van der Waals surface area contributed by atoms with E-state index in [1.54, 1.807) is 23.1 Å². The van der Waals surface area contributed by atoms with Gasteiger partial charge >= 0.3 is 0 Å². The standard InChI is InChI=1S/C17H22N6OS2/c1-10-11(2)25-15-14(10)16(26-17-21-20-12(3)22(17)4)19-13(18-15)9-23-5-7-24-8-6-23/h5-9H2,1-4H3/p+1. The van der Waals surface area contributed by atoms with Crippen molar-refractivity contribution in [1.82, 2.24) is 24.7 Å². The lowest BCUT2D eigenvalue weighted by Crippen LogP contribution is -3.12. The van der Waals surface area contributed by atoms with Gasteiger partial charge in [0.25, 0.3) is 0 Å². The molecule has 0 saturated carbocycles. The predicted molar refractivity (Wildman–Crippen MR) is 102 cm³/mol. The van der Waals surface area contributed by atoms with Crippen LogP contribution in [0.25, 0.3) is 10.2 Å². The molecule has 1 fully saturated rings. The Morgan fingerprint density at radius 2 is 1.92 bits per heavy atom. The van der Waals surface area contributed by atoms with Crippen molar-refractivity contribution < 1.29 is 9.64 Å². The summed E-state index contributed by atoms with van der Waals surface area (Å²) in [6, 6.07) is 0. The quantitative estimate of drug-likeness (QED) is 0.677. The van der Waals surface area contributed by atoms with E-state index in [4.69, 9.17) is 14.7 Å². The number of fused-ring (bicyclic) bond motifs is 1. The van der Waals surface area contributed by atoms with E-state index in [-0.39, 0.29) is 0 Å². The Kier molecular flexibility index (Phi) is 4.96. The van der Waals surface area contributed by atoms with E-state index in [9.17, 15) is 0 Å². The normalized spacial score (nSPS) is 15.8. The fourth-order valence-electron chi connectivity index (χ4n) is 3.03. The Balaban J connectivity index is 1.74. The van der Waals surface area contributed by atoms with Crippen LogP contribution in [0.5, 0.6) is 0 Å². The highest BCUT2D eigenvalue weighted by atomic mass is 32.2. The summed E-state index contributed by atoms with van der Waals surface area (Å²) in [5, 5.41) is 11.5. The van der Waals surface area contributed by atoms with Crippen molar-refractivity contribution >= 4 is 33.3 Å². The second-order valence-corrected chi connectivity index (χ2v) is 8.80. The third-order valence-corrected chi connectivity index (χ3v) is 7.02. The zero-order chi connectivity index (χ0) is 18.3. The number of hydrogen-bond donors (Lipinski definition) is 1. The van der Waals surface area contributed by atoms with Crippen LogP contribution in [0.15, 0.2) is 10.2 Å². The van der Waals surface area contributed by atoms with Crippen LogP contribution in [0.4, 0.5) is 0 Å². The number of nitrogens with one attached hydrogen (secondary N) is 1. The minimum absolute atomic E-state index is 0.814. The van der Waals surface area contributed by atoms with Crippen molar-refractivity contribution in [2.75, 3.05) is 26.3 Å². The van der Waals surface area contributed by atoms with Gasteiger partial charge in [0.1, 0.15) is 35.3 Å². The van der Waals surface area contributed by atoms with Gasteiger partial charge in [0.2, 0.25) is 0 Å². The first-order valence-electron chi connectivity index (χ1n) is 8.74. The predicted octanol–water partition coefficient (Wildman–Crippen LogP) is 1.31. The van der Waals surface area contributed by atoms with Gasteiger partial charge < -0.3 is 14.2 Å². The molecule has 138 valence electrons. The molecule has 9 heteroatoms. The fraction of sp³-hybridized carbons (Fsp3) is 0.529. The SMILES string of the molecule is Cc1sc2nc(C[NH+]3CCOCC3)nc(Sc3nnc(C)n3C)c2c1C. The summed E-state index contributed by atoms with van der Waals surface area (Å²) in [4.78, 5) is 13.6. The molecule has 1 saturated heterocycles. The van der Waals surface area contributed by atoms with Crippen molar-refractivity contribution in [3.05, 3.63) is 22.1 Å². The number of quaternary nitrogens is 1. The molecule has 26 heavy (non-hydrogen) atoms. The van der Waals surface area contributed by atoms with Gasteiger partial charge in [-0.15, -0.1) is 21.5 Å². The molecule has 0 aliphatic carbocycles. The van der Waals surface area contributed by atoms with Crippen molar-refractivity contribution in [2.24, 2.45) is 7.05 Å². The molecular weight excluding hydrogens is 368 g/mol. The molecule has 0 amide bonds. The summed E-state index contributed by atoms with van der Waals surface area (Å²) < 4.78 is 7.46. The molecule has 4 heterocycles. The van der Waals surface area contributed by atoms with Crippen LogP contribution in [0, 0.1) is 20.8 Å². The van der Waals surface area contributed by atoms with Gasteiger partial charge in [0.05, 0.1) is 13.2 Å². The molecule has 7 nitrogen and oxygen atoms in total. The molecule has 0 unspecified atom stereocenters. The highest BCUT2D eigenvalue weighted by Crippen LogP contribution is 2.37. The van der Waals surface area contributed by atoms with E-state index < -0.39 is 0 Å². The molecule has 1 aliphatic heterocycles. The van der Waals surface area contributed by atoms with E-state index in [1.165, 1.54) is 15.3 Å². The van der Waals surface area contributed by atoms with E-state index in [0.29, 0.717) is 0 Å². The second kappa shape index (κ2) is 7.22. The van der Waals surface area contributed by atoms with E-state index in [0.717, 1.165) is 64.9 Å². The Morgan fingerprint density at radius 3 is 2.62 bits per heavy atom. The molecule has 0 radical (unpaired) electrons. The molecule has 1 N–H and O–H groups in total. The smallest absolute Gasteiger partial charge is 0.197 e. The van der Waals surface area contributed by atoms with Crippen LogP contribution >= 0.6 is 23.1 Å². The van der Waals surface area contributed by atoms with Crippen LogP contribution < -0.4 is 4.90 Å². The summed E-state index contributed by atoms with van der Waals surface area (Å²) in [6.45, 7) is 10.7. The molecule has 0 atom stereocenters. The Hall–Kier alpha value is -1.55. The van der Waals surface area contributed by atoms with Crippen molar-refractivity contribution in [2.45, 2.75) is 37.5 Å². The first-order valence-corrected chi connectivity index (χ1v) is 10.4. The maximum atomic E-state index is 5.46. The molecule has 3 aromatic heterocycles. The van der Waals surface area contributed by atoms with Gasteiger partial charge in [-0.2, -0.15) is 0 Å². The number of rotatable bonds is 4. The Labute approximate surface area is 160 Å². The van der Waals surface area contributed by atoms with E-state index in [1.807, 2.05) is 18.5 Å². The van der Waals surface area contributed by atoms with Gasteiger partial charge in [-0.25, -0.2) is 9.97 Å². The lowest BCUT2D eigenvalue weighted by Gasteiger charge is -2.23. The summed E-state index contributed by atoms with van der Waals surface area (Å²) in [6.07, 6.45) is 0. The minimum atomic E-state index is 0.814. The van der Waals surface area contributed by atoms with Crippen LogP contribution in [0.2, 0.25) is 0 Å². The lowest BCUT2D eigenvalue weighted by molar-refractivity contribution is -0.922. The Bertz CT molecular complexity index is 945. The van der Waals surface area contributed by atoms with Crippen LogP contribution in [0.1, 0.15) is 22.1 Å². The monoisotopic (exact) mass is 391 g/mol. The third-order valence-electron chi connectivity index (χ3n) is 4.89. The average Bonchev–Trinajstić information content (AvgIpc) is 3.09. The summed E-state index contributed by atoms with van der Waals surface area (Å²) in [5.41, 5.74) is 1.26. The number of thiophene rings is 1. The van der Waals surface area contributed by atoms with Gasteiger partial charge in [-0.05, 0) is 38.1 Å². The minimum Gasteiger partial charge on any atom is -0.370 e. The molecule has 0 spiro atoms. The number of aromatic nitrogens is 5. The number of hydrogen-bond acceptors (Lipinski definition) is 7. The Morgan fingerprint density at radius 1 is 1.15 bits per heavy atom. The molecule has 1 aliphatic rings. The summed E-state index contributed by atoms with van der Waals surface area (Å²) in [7, 11) is 1.99. The van der Waals surface area contributed by atoms with Gasteiger partial charge in [-0.1, -0.05) is 0 Å². The number of nitrogens with zero attached hydrogens (tertiary/aromatic N) is 5. The van der Waals surface area contributed by atoms with Crippen molar-refractivity contribution in [3.8, 4) is 0 Å². The van der Waals surface area contributed by atoms with Gasteiger partial charge in [0, 0.05) is 17.3 Å². The fourth-order valence-corrected chi connectivity index (χ4v) is 5.17.